The third-order valence-electron chi connectivity index (χ3n) is 2.14. The molecular formula is C10H14F6O5. The van der Waals surface area contributed by atoms with Crippen LogP contribution in [0.4, 0.5) is 26.3 Å². The second-order valence-electron chi connectivity index (χ2n) is 3.56. The lowest BCUT2D eigenvalue weighted by molar-refractivity contribution is -0.379. The summed E-state index contributed by atoms with van der Waals surface area (Å²) in [5, 5.41) is 0. The van der Waals surface area contributed by atoms with Crippen LogP contribution in [0.25, 0.3) is 0 Å². The molecule has 0 aromatic carbocycles. The number of carbonyl (C=O) groups excluding carboxylic acids is 1. The number of esters is 1. The van der Waals surface area contributed by atoms with Gasteiger partial charge in [-0.1, -0.05) is 0 Å². The van der Waals surface area contributed by atoms with Crippen LogP contribution in [0, 0.1) is 0 Å². The molecule has 5 nitrogen and oxygen atoms in total. The Morgan fingerprint density at radius 2 is 1.52 bits per heavy atom. The lowest BCUT2D eigenvalue weighted by atomic mass is 10.0. The molecule has 0 aliphatic carbocycles. The van der Waals surface area contributed by atoms with Crippen molar-refractivity contribution in [1.82, 2.24) is 0 Å². The summed E-state index contributed by atoms with van der Waals surface area (Å²) in [6.45, 7) is -0.838. The molecule has 21 heavy (non-hydrogen) atoms. The number of carbonyl (C=O) groups is 1. The monoisotopic (exact) mass is 328 g/mol. The van der Waals surface area contributed by atoms with Crippen LogP contribution in [0.5, 0.6) is 0 Å². The topological polar surface area (TPSA) is 54.0 Å². The van der Waals surface area contributed by atoms with E-state index in [1.165, 1.54) is 0 Å². The molecule has 0 saturated heterocycles. The zero-order valence-electron chi connectivity index (χ0n) is 11.1. The van der Waals surface area contributed by atoms with Gasteiger partial charge in [0.25, 0.3) is 0 Å². The van der Waals surface area contributed by atoms with E-state index in [0.29, 0.717) is 0 Å². The Hall–Kier alpha value is -1.07. The van der Waals surface area contributed by atoms with Crippen LogP contribution in [0.15, 0.2) is 0 Å². The molecule has 0 unspecified atom stereocenters. The van der Waals surface area contributed by atoms with Crippen LogP contribution in [-0.2, 0) is 23.7 Å². The highest BCUT2D eigenvalue weighted by molar-refractivity contribution is 5.82. The lowest BCUT2D eigenvalue weighted by Gasteiger charge is -2.34. The number of alkyl halides is 6. The average Bonchev–Trinajstić information content (AvgIpc) is 2.32. The molecule has 0 aromatic rings. The van der Waals surface area contributed by atoms with Crippen LogP contribution in [0.2, 0.25) is 0 Å². The van der Waals surface area contributed by atoms with Crippen molar-refractivity contribution in [3.05, 3.63) is 0 Å². The van der Waals surface area contributed by atoms with Crippen molar-refractivity contribution >= 4 is 5.97 Å². The van der Waals surface area contributed by atoms with Crippen molar-refractivity contribution in [2.45, 2.75) is 24.9 Å². The maximum absolute atomic E-state index is 12.8. The summed E-state index contributed by atoms with van der Waals surface area (Å²) >= 11 is 0. The molecule has 126 valence electrons. The Balaban J connectivity index is 5.31. The maximum Gasteiger partial charge on any atom is 0.437 e. The molecule has 0 N–H and O–H groups in total. The van der Waals surface area contributed by atoms with Crippen molar-refractivity contribution < 1.29 is 50.1 Å². The van der Waals surface area contributed by atoms with Crippen molar-refractivity contribution in [1.29, 1.82) is 0 Å². The van der Waals surface area contributed by atoms with E-state index in [1.54, 1.807) is 6.92 Å². The van der Waals surface area contributed by atoms with E-state index in [2.05, 4.69) is 18.9 Å². The first-order valence-corrected chi connectivity index (χ1v) is 5.55. The van der Waals surface area contributed by atoms with E-state index < -0.39 is 37.3 Å². The van der Waals surface area contributed by atoms with Gasteiger partial charge < -0.3 is 18.9 Å². The van der Waals surface area contributed by atoms with Crippen molar-refractivity contribution in [3.8, 4) is 0 Å². The summed E-state index contributed by atoms with van der Waals surface area (Å²) in [7, 11) is 0.804. The second-order valence-corrected chi connectivity index (χ2v) is 3.56. The number of hydrogen-bond acceptors (Lipinski definition) is 5. The van der Waals surface area contributed by atoms with Crippen LogP contribution < -0.4 is 0 Å². The Morgan fingerprint density at radius 1 is 1.00 bits per heavy atom. The van der Waals surface area contributed by atoms with Gasteiger partial charge in [-0.05, 0) is 6.92 Å². The molecule has 0 aliphatic heterocycles. The first-order valence-electron chi connectivity index (χ1n) is 5.55. The zero-order valence-corrected chi connectivity index (χ0v) is 11.1. The molecule has 0 fully saturated rings. The standard InChI is InChI=1S/C10H14F6O5/c1-3-19-4-5-20-7(17)8(9(11,12)13,10(14,15)16)21-6-18-2/h3-6H2,1-2H3. The van der Waals surface area contributed by atoms with E-state index in [1.807, 2.05) is 0 Å². The van der Waals surface area contributed by atoms with Crippen LogP contribution in [0.1, 0.15) is 6.92 Å². The summed E-state index contributed by atoms with van der Waals surface area (Å²) in [4.78, 5) is 11.3. The first-order chi connectivity index (χ1) is 9.54. The quantitative estimate of drug-likeness (QED) is 0.295. The van der Waals surface area contributed by atoms with Crippen molar-refractivity contribution in [2.75, 3.05) is 33.7 Å². The molecule has 0 atom stereocenters. The molecule has 0 radical (unpaired) electrons. The molecule has 0 aliphatic rings. The molecule has 0 spiro atoms. The summed E-state index contributed by atoms with van der Waals surface area (Å²) in [6.07, 6.45) is -12.2. The third kappa shape index (κ3) is 4.71. The first kappa shape index (κ1) is 19.9. The number of methoxy groups -OCH3 is 1. The molecule has 0 rings (SSSR count). The van der Waals surface area contributed by atoms with Gasteiger partial charge in [-0.25, -0.2) is 4.79 Å². The van der Waals surface area contributed by atoms with Crippen molar-refractivity contribution in [2.24, 2.45) is 0 Å². The molecule has 0 saturated carbocycles. The lowest BCUT2D eigenvalue weighted by Crippen LogP contribution is -2.65. The van der Waals surface area contributed by atoms with Gasteiger partial charge in [0, 0.05) is 13.7 Å². The van der Waals surface area contributed by atoms with E-state index in [0.717, 1.165) is 7.11 Å². The minimum absolute atomic E-state index is 0.154. The normalized spacial score (nSPS) is 13.3. The second kappa shape index (κ2) is 7.80. The van der Waals surface area contributed by atoms with E-state index in [9.17, 15) is 31.1 Å². The molecule has 0 heterocycles. The summed E-state index contributed by atoms with van der Waals surface area (Å²) in [5.74, 6) is -2.63. The van der Waals surface area contributed by atoms with Crippen LogP contribution in [0.3, 0.4) is 0 Å². The van der Waals surface area contributed by atoms with E-state index in [4.69, 9.17) is 0 Å². The molecule has 0 aromatic heterocycles. The minimum Gasteiger partial charge on any atom is -0.461 e. The summed E-state index contributed by atoms with van der Waals surface area (Å²) in [6, 6.07) is 0. The van der Waals surface area contributed by atoms with E-state index >= 15 is 0 Å². The van der Waals surface area contributed by atoms with Crippen molar-refractivity contribution in [3.63, 3.8) is 0 Å². The molecule has 0 bridgehead atoms. The fourth-order valence-corrected chi connectivity index (χ4v) is 1.20. The predicted octanol–water partition coefficient (Wildman–Crippen LogP) is 2.05. The smallest absolute Gasteiger partial charge is 0.437 e. The summed E-state index contributed by atoms with van der Waals surface area (Å²) in [5.41, 5.74) is -5.11. The number of halogens is 6. The molecule has 0 amide bonds. The fourth-order valence-electron chi connectivity index (χ4n) is 1.20. The number of ether oxygens (including phenoxy) is 4. The van der Waals surface area contributed by atoms with Gasteiger partial charge in [0.1, 0.15) is 13.4 Å². The largest absolute Gasteiger partial charge is 0.461 e. The maximum atomic E-state index is 12.8. The Morgan fingerprint density at radius 3 is 1.90 bits per heavy atom. The van der Waals surface area contributed by atoms with Gasteiger partial charge in [-0.3, -0.25) is 0 Å². The van der Waals surface area contributed by atoms with Gasteiger partial charge in [0.15, 0.2) is 0 Å². The number of rotatable bonds is 8. The Labute approximate surface area is 116 Å². The van der Waals surface area contributed by atoms with Gasteiger partial charge >= 0.3 is 23.9 Å². The number of hydrogen-bond donors (Lipinski definition) is 0. The predicted molar refractivity (Wildman–Crippen MR) is 55.3 cm³/mol. The summed E-state index contributed by atoms with van der Waals surface area (Å²) < 4.78 is 93.0. The van der Waals surface area contributed by atoms with Crippen LogP contribution >= 0.6 is 0 Å². The third-order valence-corrected chi connectivity index (χ3v) is 2.14. The average molecular weight is 328 g/mol. The molecular weight excluding hydrogens is 314 g/mol. The van der Waals surface area contributed by atoms with Gasteiger partial charge in [-0.15, -0.1) is 0 Å². The highest BCUT2D eigenvalue weighted by Gasteiger charge is 2.78. The van der Waals surface area contributed by atoms with Gasteiger partial charge in [-0.2, -0.15) is 26.3 Å². The SMILES string of the molecule is CCOCCOC(=O)C(OCOC)(C(F)(F)F)C(F)(F)F. The zero-order chi connectivity index (χ0) is 16.7. The molecule has 11 heteroatoms. The Bertz CT molecular complexity index is 313. The highest BCUT2D eigenvalue weighted by Crippen LogP contribution is 2.46. The fraction of sp³-hybridized carbons (Fsp3) is 0.900. The highest BCUT2D eigenvalue weighted by atomic mass is 19.4. The minimum atomic E-state index is -6.08. The van der Waals surface area contributed by atoms with E-state index in [-0.39, 0.29) is 13.2 Å². The van der Waals surface area contributed by atoms with Crippen LogP contribution in [-0.4, -0.2) is 57.6 Å². The van der Waals surface area contributed by atoms with Gasteiger partial charge in [0.2, 0.25) is 0 Å². The Kier molecular flexibility index (Phi) is 7.40. The van der Waals surface area contributed by atoms with Gasteiger partial charge in [0.05, 0.1) is 6.61 Å².